The van der Waals surface area contributed by atoms with Crippen molar-refractivity contribution in [2.75, 3.05) is 12.9 Å². The van der Waals surface area contributed by atoms with Crippen LogP contribution in [0.4, 0.5) is 0 Å². The summed E-state index contributed by atoms with van der Waals surface area (Å²) in [6, 6.07) is 8.51. The van der Waals surface area contributed by atoms with Gasteiger partial charge in [-0.1, -0.05) is 26.0 Å². The van der Waals surface area contributed by atoms with Crippen molar-refractivity contribution in [3.05, 3.63) is 29.8 Å². The average molecular weight is 211 g/mol. The molecule has 0 saturated carbocycles. The topological polar surface area (TPSA) is 35.2 Å². The molecular weight excluding hydrogens is 194 g/mol. The highest BCUT2D eigenvalue weighted by atomic mass is 32.2. The van der Waals surface area contributed by atoms with Crippen molar-refractivity contribution < 1.29 is 4.84 Å². The normalized spacial score (nSPS) is 11.7. The SMILES string of the molecule is CSc1ccc(C(C)(C)CON)cc1. The monoisotopic (exact) mass is 211 g/mol. The van der Waals surface area contributed by atoms with Crippen LogP contribution in [-0.2, 0) is 10.3 Å². The third kappa shape index (κ3) is 2.74. The second-order valence-electron chi connectivity index (χ2n) is 3.92. The van der Waals surface area contributed by atoms with Crippen LogP contribution < -0.4 is 5.90 Å². The van der Waals surface area contributed by atoms with Gasteiger partial charge in [-0.3, -0.25) is 0 Å². The molecule has 0 unspecified atom stereocenters. The Kier molecular flexibility index (Phi) is 3.98. The van der Waals surface area contributed by atoms with Gasteiger partial charge in [0.1, 0.15) is 0 Å². The molecule has 2 nitrogen and oxygen atoms in total. The number of nitrogens with two attached hydrogens (primary N) is 1. The summed E-state index contributed by atoms with van der Waals surface area (Å²) in [5.41, 5.74) is 1.23. The van der Waals surface area contributed by atoms with E-state index >= 15 is 0 Å². The maximum Gasteiger partial charge on any atom is 0.0770 e. The van der Waals surface area contributed by atoms with E-state index in [4.69, 9.17) is 10.7 Å². The molecule has 0 aliphatic heterocycles. The zero-order valence-electron chi connectivity index (χ0n) is 8.91. The molecule has 0 bridgehead atoms. The van der Waals surface area contributed by atoms with E-state index in [0.29, 0.717) is 6.61 Å². The molecule has 0 aliphatic carbocycles. The van der Waals surface area contributed by atoms with E-state index in [2.05, 4.69) is 44.4 Å². The highest BCUT2D eigenvalue weighted by molar-refractivity contribution is 7.98. The summed E-state index contributed by atoms with van der Waals surface area (Å²) < 4.78 is 0. The van der Waals surface area contributed by atoms with Crippen LogP contribution in [-0.4, -0.2) is 12.9 Å². The average Bonchev–Trinajstić information content (AvgIpc) is 2.18. The van der Waals surface area contributed by atoms with Gasteiger partial charge < -0.3 is 4.84 Å². The Morgan fingerprint density at radius 2 is 1.86 bits per heavy atom. The molecule has 0 aliphatic rings. The van der Waals surface area contributed by atoms with Crippen molar-refractivity contribution in [2.45, 2.75) is 24.2 Å². The number of hydrogen-bond donors (Lipinski definition) is 1. The molecule has 0 heterocycles. The van der Waals surface area contributed by atoms with Crippen LogP contribution in [0.1, 0.15) is 19.4 Å². The molecule has 0 aromatic heterocycles. The summed E-state index contributed by atoms with van der Waals surface area (Å²) in [5.74, 6) is 5.10. The summed E-state index contributed by atoms with van der Waals surface area (Å²) in [4.78, 5) is 5.99. The van der Waals surface area contributed by atoms with Gasteiger partial charge >= 0.3 is 0 Å². The van der Waals surface area contributed by atoms with Crippen molar-refractivity contribution in [1.82, 2.24) is 0 Å². The lowest BCUT2D eigenvalue weighted by molar-refractivity contribution is 0.0964. The molecule has 0 spiro atoms. The number of benzene rings is 1. The van der Waals surface area contributed by atoms with Crippen molar-refractivity contribution in [3.63, 3.8) is 0 Å². The summed E-state index contributed by atoms with van der Waals surface area (Å²) in [7, 11) is 0. The van der Waals surface area contributed by atoms with E-state index in [1.165, 1.54) is 10.5 Å². The van der Waals surface area contributed by atoms with E-state index in [-0.39, 0.29) is 5.41 Å². The Morgan fingerprint density at radius 1 is 1.29 bits per heavy atom. The van der Waals surface area contributed by atoms with E-state index in [1.54, 1.807) is 11.8 Å². The molecule has 0 amide bonds. The first-order chi connectivity index (χ1) is 6.60. The third-order valence-electron chi connectivity index (χ3n) is 2.32. The molecule has 1 aromatic carbocycles. The fourth-order valence-corrected chi connectivity index (χ4v) is 1.74. The Morgan fingerprint density at radius 3 is 2.29 bits per heavy atom. The van der Waals surface area contributed by atoms with Gasteiger partial charge in [-0.05, 0) is 24.0 Å². The largest absolute Gasteiger partial charge is 0.304 e. The summed E-state index contributed by atoms with van der Waals surface area (Å²) in [6.45, 7) is 4.77. The quantitative estimate of drug-likeness (QED) is 0.614. The standard InChI is InChI=1S/C11H17NOS/c1-11(2,8-13-12)9-4-6-10(14-3)7-5-9/h4-7H,8,12H2,1-3H3. The molecule has 0 fully saturated rings. The maximum atomic E-state index is 5.10. The van der Waals surface area contributed by atoms with Crippen LogP contribution >= 0.6 is 11.8 Å². The molecule has 14 heavy (non-hydrogen) atoms. The predicted octanol–water partition coefficient (Wildman–Crippen LogP) is 2.58. The van der Waals surface area contributed by atoms with Gasteiger partial charge in [-0.25, -0.2) is 5.90 Å². The minimum atomic E-state index is -0.0221. The minimum Gasteiger partial charge on any atom is -0.304 e. The number of hydrogen-bond acceptors (Lipinski definition) is 3. The smallest absolute Gasteiger partial charge is 0.0770 e. The Balaban J connectivity index is 2.85. The van der Waals surface area contributed by atoms with Crippen LogP contribution in [0.15, 0.2) is 29.2 Å². The van der Waals surface area contributed by atoms with Crippen molar-refractivity contribution in [3.8, 4) is 0 Å². The van der Waals surface area contributed by atoms with E-state index in [1.807, 2.05) is 0 Å². The molecule has 0 radical (unpaired) electrons. The molecule has 1 aromatic rings. The molecule has 3 heteroatoms. The maximum absolute atomic E-state index is 5.10. The summed E-state index contributed by atoms with van der Waals surface area (Å²) >= 11 is 1.75. The third-order valence-corrected chi connectivity index (χ3v) is 3.06. The van der Waals surface area contributed by atoms with Crippen LogP contribution in [0.3, 0.4) is 0 Å². The van der Waals surface area contributed by atoms with E-state index in [9.17, 15) is 0 Å². The van der Waals surface area contributed by atoms with Gasteiger partial charge in [-0.15, -0.1) is 11.8 Å². The van der Waals surface area contributed by atoms with Gasteiger partial charge in [0, 0.05) is 10.3 Å². The van der Waals surface area contributed by atoms with Crippen molar-refractivity contribution in [2.24, 2.45) is 5.90 Å². The Bertz CT molecular complexity index is 282. The zero-order chi connectivity index (χ0) is 10.6. The van der Waals surface area contributed by atoms with Crippen LogP contribution in [0, 0.1) is 0 Å². The second kappa shape index (κ2) is 4.82. The molecule has 2 N–H and O–H groups in total. The fraction of sp³-hybridized carbons (Fsp3) is 0.455. The molecule has 1 rings (SSSR count). The van der Waals surface area contributed by atoms with Crippen molar-refractivity contribution in [1.29, 1.82) is 0 Å². The first kappa shape index (κ1) is 11.6. The van der Waals surface area contributed by atoms with Gasteiger partial charge in [0.25, 0.3) is 0 Å². The first-order valence-corrected chi connectivity index (χ1v) is 5.79. The van der Waals surface area contributed by atoms with E-state index < -0.39 is 0 Å². The summed E-state index contributed by atoms with van der Waals surface area (Å²) in [6.07, 6.45) is 2.07. The van der Waals surface area contributed by atoms with Crippen molar-refractivity contribution >= 4 is 11.8 Å². The zero-order valence-corrected chi connectivity index (χ0v) is 9.73. The Hall–Kier alpha value is -0.510. The first-order valence-electron chi connectivity index (χ1n) is 4.56. The predicted molar refractivity (Wildman–Crippen MR) is 61.4 cm³/mol. The lowest BCUT2D eigenvalue weighted by Gasteiger charge is -2.23. The van der Waals surface area contributed by atoms with Gasteiger partial charge in [0.2, 0.25) is 0 Å². The van der Waals surface area contributed by atoms with Gasteiger partial charge in [0.05, 0.1) is 6.61 Å². The minimum absolute atomic E-state index is 0.0221. The summed E-state index contributed by atoms with van der Waals surface area (Å²) in [5, 5.41) is 0. The highest BCUT2D eigenvalue weighted by Gasteiger charge is 2.20. The van der Waals surface area contributed by atoms with E-state index in [0.717, 1.165) is 0 Å². The van der Waals surface area contributed by atoms with Gasteiger partial charge in [0.15, 0.2) is 0 Å². The number of thioether (sulfide) groups is 1. The van der Waals surface area contributed by atoms with Gasteiger partial charge in [-0.2, -0.15) is 0 Å². The molecule has 78 valence electrons. The lowest BCUT2D eigenvalue weighted by Crippen LogP contribution is -2.26. The number of rotatable bonds is 4. The fourth-order valence-electron chi connectivity index (χ4n) is 1.33. The molecule has 0 saturated heterocycles. The van der Waals surface area contributed by atoms with Crippen LogP contribution in [0.5, 0.6) is 0 Å². The van der Waals surface area contributed by atoms with Crippen LogP contribution in [0.25, 0.3) is 0 Å². The van der Waals surface area contributed by atoms with Crippen LogP contribution in [0.2, 0.25) is 0 Å². The lowest BCUT2D eigenvalue weighted by atomic mass is 9.86. The Labute approximate surface area is 89.8 Å². The molecular formula is C11H17NOS. The second-order valence-corrected chi connectivity index (χ2v) is 4.80. The molecule has 0 atom stereocenters. The highest BCUT2D eigenvalue weighted by Crippen LogP contribution is 2.25.